The van der Waals surface area contributed by atoms with Gasteiger partial charge in [0, 0.05) is 5.69 Å². The lowest BCUT2D eigenvalue weighted by Crippen LogP contribution is -2.27. The molecule has 0 saturated carbocycles. The minimum absolute atomic E-state index is 0.299. The Kier molecular flexibility index (Phi) is 4.03. The summed E-state index contributed by atoms with van der Waals surface area (Å²) in [5.41, 5.74) is 8.50. The zero-order chi connectivity index (χ0) is 14.7. The second-order valence-electron chi connectivity index (χ2n) is 4.85. The maximum Gasteiger partial charge on any atom is 0.244 e. The van der Waals surface area contributed by atoms with Crippen LogP contribution in [0.25, 0.3) is 0 Å². The fraction of sp³-hybridized carbons (Fsp3) is 0.188. The van der Waals surface area contributed by atoms with Crippen LogP contribution in [0.2, 0.25) is 0 Å². The Hall–Kier alpha value is -2.36. The van der Waals surface area contributed by atoms with Crippen molar-refractivity contribution in [2.75, 3.05) is 5.32 Å². The Morgan fingerprint density at radius 2 is 1.80 bits per heavy atom. The zero-order valence-electron chi connectivity index (χ0n) is 11.5. The van der Waals surface area contributed by atoms with E-state index in [4.69, 9.17) is 5.73 Å². The molecule has 0 aromatic heterocycles. The van der Waals surface area contributed by atoms with Crippen LogP contribution in [0.4, 0.5) is 10.1 Å². The minimum Gasteiger partial charge on any atom is -0.370 e. The van der Waals surface area contributed by atoms with Crippen molar-refractivity contribution >= 4 is 11.6 Å². The Morgan fingerprint density at radius 3 is 2.35 bits per heavy atom. The first-order chi connectivity index (χ1) is 9.47. The number of benzene rings is 2. The highest BCUT2D eigenvalue weighted by Gasteiger charge is 2.18. The molecule has 104 valence electrons. The summed E-state index contributed by atoms with van der Waals surface area (Å²) >= 11 is 0. The number of carbonyl (C=O) groups excluding carboxylic acids is 1. The summed E-state index contributed by atoms with van der Waals surface area (Å²) < 4.78 is 13.3. The molecule has 20 heavy (non-hydrogen) atoms. The summed E-state index contributed by atoms with van der Waals surface area (Å²) in [5, 5.41) is 3.07. The number of hydrogen-bond acceptors (Lipinski definition) is 2. The normalized spacial score (nSPS) is 11.9. The van der Waals surface area contributed by atoms with Crippen molar-refractivity contribution in [3.63, 3.8) is 0 Å². The van der Waals surface area contributed by atoms with E-state index in [-0.39, 0.29) is 5.82 Å². The standard InChI is InChI=1S/C16H17FN2O/c1-10-3-6-13(7-4-10)19-15(16(18)20)12-5-8-14(17)11(2)9-12/h3-9,15,19H,1-2H3,(H2,18,20). The van der Waals surface area contributed by atoms with Crippen LogP contribution in [0.15, 0.2) is 42.5 Å². The van der Waals surface area contributed by atoms with Crippen LogP contribution in [0.3, 0.4) is 0 Å². The first-order valence-electron chi connectivity index (χ1n) is 6.36. The lowest BCUT2D eigenvalue weighted by Gasteiger charge is -2.18. The molecule has 0 fully saturated rings. The zero-order valence-corrected chi connectivity index (χ0v) is 11.5. The second kappa shape index (κ2) is 5.74. The SMILES string of the molecule is Cc1ccc(NC(C(N)=O)c2ccc(F)c(C)c2)cc1. The lowest BCUT2D eigenvalue weighted by atomic mass is 10.0. The molecular weight excluding hydrogens is 255 g/mol. The molecule has 0 aliphatic rings. The number of hydrogen-bond donors (Lipinski definition) is 2. The fourth-order valence-electron chi connectivity index (χ4n) is 1.98. The monoisotopic (exact) mass is 272 g/mol. The fourth-order valence-corrected chi connectivity index (χ4v) is 1.98. The number of halogens is 1. The van der Waals surface area contributed by atoms with Gasteiger partial charge in [0.2, 0.25) is 5.91 Å². The third-order valence-corrected chi connectivity index (χ3v) is 3.16. The summed E-state index contributed by atoms with van der Waals surface area (Å²) in [5.74, 6) is -0.802. The predicted octanol–water partition coefficient (Wildman–Crippen LogP) is 3.08. The van der Waals surface area contributed by atoms with Gasteiger partial charge in [-0.05, 0) is 43.2 Å². The van der Waals surface area contributed by atoms with Crippen LogP contribution >= 0.6 is 0 Å². The molecule has 3 nitrogen and oxygen atoms in total. The van der Waals surface area contributed by atoms with Gasteiger partial charge >= 0.3 is 0 Å². The first-order valence-corrected chi connectivity index (χ1v) is 6.36. The van der Waals surface area contributed by atoms with Gasteiger partial charge in [-0.25, -0.2) is 4.39 Å². The minimum atomic E-state index is -0.683. The van der Waals surface area contributed by atoms with E-state index in [9.17, 15) is 9.18 Å². The summed E-state index contributed by atoms with van der Waals surface area (Å²) in [6.07, 6.45) is 0. The van der Waals surface area contributed by atoms with Crippen molar-refractivity contribution in [3.8, 4) is 0 Å². The number of nitrogens with one attached hydrogen (secondary N) is 1. The highest BCUT2D eigenvalue weighted by atomic mass is 19.1. The number of amides is 1. The highest BCUT2D eigenvalue weighted by molar-refractivity contribution is 5.84. The van der Waals surface area contributed by atoms with Crippen LogP contribution in [-0.4, -0.2) is 5.91 Å². The molecule has 0 spiro atoms. The van der Waals surface area contributed by atoms with Crippen molar-refractivity contribution in [2.24, 2.45) is 5.73 Å². The molecule has 0 aliphatic carbocycles. The van der Waals surface area contributed by atoms with Gasteiger partial charge in [0.1, 0.15) is 11.9 Å². The average Bonchev–Trinajstić information content (AvgIpc) is 2.41. The van der Waals surface area contributed by atoms with Crippen molar-refractivity contribution in [1.82, 2.24) is 0 Å². The van der Waals surface area contributed by atoms with Crippen LogP contribution in [0.5, 0.6) is 0 Å². The Bertz CT molecular complexity index is 623. The van der Waals surface area contributed by atoms with E-state index in [1.165, 1.54) is 6.07 Å². The topological polar surface area (TPSA) is 55.1 Å². The number of carbonyl (C=O) groups is 1. The van der Waals surface area contributed by atoms with E-state index < -0.39 is 11.9 Å². The van der Waals surface area contributed by atoms with E-state index in [1.807, 2.05) is 31.2 Å². The Balaban J connectivity index is 2.29. The third kappa shape index (κ3) is 3.15. The van der Waals surface area contributed by atoms with E-state index in [0.29, 0.717) is 11.1 Å². The van der Waals surface area contributed by atoms with Gasteiger partial charge in [-0.15, -0.1) is 0 Å². The van der Waals surface area contributed by atoms with E-state index in [2.05, 4.69) is 5.32 Å². The summed E-state index contributed by atoms with van der Waals surface area (Å²) in [4.78, 5) is 11.6. The number of primary amides is 1. The van der Waals surface area contributed by atoms with Crippen molar-refractivity contribution in [3.05, 3.63) is 65.0 Å². The molecule has 2 aromatic carbocycles. The Labute approximate surface area is 117 Å². The molecule has 2 aromatic rings. The van der Waals surface area contributed by atoms with Crippen LogP contribution < -0.4 is 11.1 Å². The van der Waals surface area contributed by atoms with Gasteiger partial charge in [-0.3, -0.25) is 4.79 Å². The molecule has 0 aliphatic heterocycles. The lowest BCUT2D eigenvalue weighted by molar-refractivity contribution is -0.118. The molecule has 1 unspecified atom stereocenters. The molecule has 0 radical (unpaired) electrons. The van der Waals surface area contributed by atoms with E-state index in [1.54, 1.807) is 19.1 Å². The van der Waals surface area contributed by atoms with Crippen molar-refractivity contribution in [1.29, 1.82) is 0 Å². The number of rotatable bonds is 4. The molecule has 4 heteroatoms. The van der Waals surface area contributed by atoms with Gasteiger partial charge in [0.05, 0.1) is 0 Å². The molecule has 0 bridgehead atoms. The molecular formula is C16H17FN2O. The number of anilines is 1. The molecule has 2 rings (SSSR count). The van der Waals surface area contributed by atoms with Gasteiger partial charge in [-0.2, -0.15) is 0 Å². The summed E-state index contributed by atoms with van der Waals surface area (Å²) in [6, 6.07) is 11.5. The van der Waals surface area contributed by atoms with Crippen LogP contribution in [0, 0.1) is 19.7 Å². The van der Waals surface area contributed by atoms with Gasteiger partial charge in [0.15, 0.2) is 0 Å². The second-order valence-corrected chi connectivity index (χ2v) is 4.85. The highest BCUT2D eigenvalue weighted by Crippen LogP contribution is 2.21. The third-order valence-electron chi connectivity index (χ3n) is 3.16. The molecule has 3 N–H and O–H groups in total. The van der Waals surface area contributed by atoms with E-state index in [0.717, 1.165) is 11.3 Å². The molecule has 1 atom stereocenters. The number of aryl methyl sites for hydroxylation is 2. The summed E-state index contributed by atoms with van der Waals surface area (Å²) in [6.45, 7) is 3.64. The van der Waals surface area contributed by atoms with Gasteiger partial charge < -0.3 is 11.1 Å². The molecule has 0 heterocycles. The molecule has 0 saturated heterocycles. The van der Waals surface area contributed by atoms with Gasteiger partial charge in [-0.1, -0.05) is 29.8 Å². The molecule has 1 amide bonds. The smallest absolute Gasteiger partial charge is 0.244 e. The number of nitrogens with two attached hydrogens (primary N) is 1. The van der Waals surface area contributed by atoms with Crippen LogP contribution in [-0.2, 0) is 4.79 Å². The van der Waals surface area contributed by atoms with Crippen molar-refractivity contribution < 1.29 is 9.18 Å². The maximum atomic E-state index is 13.3. The largest absolute Gasteiger partial charge is 0.370 e. The maximum absolute atomic E-state index is 13.3. The van der Waals surface area contributed by atoms with E-state index >= 15 is 0 Å². The summed E-state index contributed by atoms with van der Waals surface area (Å²) in [7, 11) is 0. The Morgan fingerprint density at radius 1 is 1.15 bits per heavy atom. The van der Waals surface area contributed by atoms with Gasteiger partial charge in [0.25, 0.3) is 0 Å². The first kappa shape index (κ1) is 14.1. The van der Waals surface area contributed by atoms with Crippen LogP contribution in [0.1, 0.15) is 22.7 Å². The average molecular weight is 272 g/mol. The quantitative estimate of drug-likeness (QED) is 0.898. The van der Waals surface area contributed by atoms with Crippen molar-refractivity contribution in [2.45, 2.75) is 19.9 Å². The predicted molar refractivity (Wildman–Crippen MR) is 77.9 cm³/mol.